The monoisotopic (exact) mass is 769 g/mol. The summed E-state index contributed by atoms with van der Waals surface area (Å²) < 4.78 is 12.7. The van der Waals surface area contributed by atoms with Gasteiger partial charge >= 0.3 is 11.9 Å². The minimum absolute atomic E-state index is 0.00603. The largest absolute Gasteiger partial charge is 0.508 e. The van der Waals surface area contributed by atoms with E-state index in [1.165, 1.54) is 5.56 Å². The average Bonchev–Trinajstić information content (AvgIpc) is 3.71. The fourth-order valence-corrected chi connectivity index (χ4v) is 10.8. The van der Waals surface area contributed by atoms with E-state index in [1.54, 1.807) is 6.07 Å². The smallest absolute Gasteiger partial charge is 0.340 e. The normalized spacial score (nSPS) is 26.1. The Labute approximate surface area is 336 Å². The van der Waals surface area contributed by atoms with E-state index >= 15 is 0 Å². The Morgan fingerprint density at radius 3 is 2.51 bits per heavy atom. The number of benzene rings is 3. The lowest BCUT2D eigenvalue weighted by Gasteiger charge is -2.56. The molecule has 4 aliphatic carbocycles. The summed E-state index contributed by atoms with van der Waals surface area (Å²) in [5.41, 5.74) is 7.44. The van der Waals surface area contributed by atoms with Crippen LogP contribution < -0.4 is 5.32 Å². The van der Waals surface area contributed by atoms with Gasteiger partial charge < -0.3 is 30.1 Å². The quantitative estimate of drug-likeness (QED) is 0.0896. The van der Waals surface area contributed by atoms with Crippen LogP contribution in [0.3, 0.4) is 0 Å². The van der Waals surface area contributed by atoms with Crippen LogP contribution in [-0.2, 0) is 32.0 Å². The molecule has 3 aromatic carbocycles. The molecule has 3 aromatic rings. The zero-order valence-corrected chi connectivity index (χ0v) is 33.1. The molecule has 0 aromatic heterocycles. The number of carbonyl (C=O) groups excluding carboxylic acids is 2. The number of hydrogen-bond donors (Lipinski definition) is 4. The van der Waals surface area contributed by atoms with E-state index in [2.05, 4.69) is 60.8 Å². The van der Waals surface area contributed by atoms with Gasteiger partial charge in [0.2, 0.25) is 0 Å². The van der Waals surface area contributed by atoms with Crippen molar-refractivity contribution in [2.45, 2.75) is 77.7 Å². The number of phenolic OH excluding ortho intramolecular Hbond substituents is 1. The number of cyclic esters (lactones) is 2. The second kappa shape index (κ2) is 16.6. The molecule has 2 aliphatic heterocycles. The van der Waals surface area contributed by atoms with E-state index in [1.807, 2.05) is 37.4 Å². The number of aromatic hydroxyl groups is 1. The number of ether oxygens (including phenoxy) is 2. The van der Waals surface area contributed by atoms with Crippen LogP contribution in [-0.4, -0.2) is 47.5 Å². The van der Waals surface area contributed by atoms with E-state index in [-0.39, 0.29) is 60.5 Å². The SMILES string of the molecule is CC[C@H](C=C1OC(=O)C2=C(c3cc(O)ccc3-c3cccc(CNC)c3)[C@@H]3CC[C@]12[C@H]1C2=C(CC[C@H]31)C(=CC[C@H](CO)CCCCO)OC2=O)Cc1ccccc1. The van der Waals surface area contributed by atoms with Gasteiger partial charge in [-0.25, -0.2) is 9.59 Å². The Morgan fingerprint density at radius 1 is 0.912 bits per heavy atom. The Bertz CT molecular complexity index is 2150. The molecule has 6 atom stereocenters. The maximum atomic E-state index is 14.7. The van der Waals surface area contributed by atoms with Gasteiger partial charge in [0.05, 0.1) is 11.0 Å². The minimum Gasteiger partial charge on any atom is -0.508 e. The number of hydrogen-bond acceptors (Lipinski definition) is 8. The van der Waals surface area contributed by atoms with Crippen molar-refractivity contribution in [2.24, 2.45) is 35.0 Å². The first-order chi connectivity index (χ1) is 27.8. The predicted octanol–water partition coefficient (Wildman–Crippen LogP) is 8.58. The highest BCUT2D eigenvalue weighted by atomic mass is 16.5. The third kappa shape index (κ3) is 7.10. The Kier molecular flexibility index (Phi) is 11.4. The molecular weight excluding hydrogens is 715 g/mol. The molecule has 57 heavy (non-hydrogen) atoms. The number of nitrogens with one attached hydrogen (secondary N) is 1. The summed E-state index contributed by atoms with van der Waals surface area (Å²) >= 11 is 0. The van der Waals surface area contributed by atoms with Crippen molar-refractivity contribution in [3.8, 4) is 16.9 Å². The zero-order chi connectivity index (χ0) is 39.7. The van der Waals surface area contributed by atoms with Crippen LogP contribution in [0.5, 0.6) is 5.75 Å². The number of esters is 2. The topological polar surface area (TPSA) is 125 Å². The maximum Gasteiger partial charge on any atom is 0.340 e. The molecule has 2 heterocycles. The van der Waals surface area contributed by atoms with Crippen LogP contribution >= 0.6 is 0 Å². The van der Waals surface area contributed by atoms with E-state index < -0.39 is 5.41 Å². The van der Waals surface area contributed by atoms with Crippen LogP contribution in [0, 0.1) is 35.0 Å². The molecule has 1 spiro atoms. The highest BCUT2D eigenvalue weighted by Crippen LogP contribution is 2.72. The Hall–Kier alpha value is -4.76. The van der Waals surface area contributed by atoms with Crippen molar-refractivity contribution in [1.82, 2.24) is 5.32 Å². The number of aliphatic hydroxyl groups excluding tert-OH is 2. The van der Waals surface area contributed by atoms with Gasteiger partial charge in [-0.05, 0) is 152 Å². The summed E-state index contributed by atoms with van der Waals surface area (Å²) in [5, 5.41) is 33.8. The van der Waals surface area contributed by atoms with Gasteiger partial charge in [-0.15, -0.1) is 0 Å². The van der Waals surface area contributed by atoms with Gasteiger partial charge in [0, 0.05) is 36.8 Å². The Morgan fingerprint density at radius 2 is 1.74 bits per heavy atom. The number of allylic oxidation sites excluding steroid dienone is 5. The maximum absolute atomic E-state index is 14.7. The number of unbranched alkanes of at least 4 members (excludes halogenated alkanes) is 1. The summed E-state index contributed by atoms with van der Waals surface area (Å²) in [5.74, 6) is 0.472. The van der Waals surface area contributed by atoms with Crippen molar-refractivity contribution in [1.29, 1.82) is 0 Å². The van der Waals surface area contributed by atoms with Crippen LogP contribution in [0.25, 0.3) is 16.7 Å². The van der Waals surface area contributed by atoms with E-state index in [0.717, 1.165) is 71.9 Å². The summed E-state index contributed by atoms with van der Waals surface area (Å²) in [6.45, 7) is 3.02. The summed E-state index contributed by atoms with van der Waals surface area (Å²) in [7, 11) is 1.93. The molecule has 298 valence electrons. The van der Waals surface area contributed by atoms with Crippen molar-refractivity contribution in [3.63, 3.8) is 0 Å². The fraction of sp³-hybridized carbons (Fsp3) is 0.429. The molecule has 8 heteroatoms. The van der Waals surface area contributed by atoms with Gasteiger partial charge in [-0.3, -0.25) is 0 Å². The lowest BCUT2D eigenvalue weighted by molar-refractivity contribution is -0.135. The first kappa shape index (κ1) is 39.1. The molecule has 8 nitrogen and oxygen atoms in total. The van der Waals surface area contributed by atoms with Crippen molar-refractivity contribution in [3.05, 3.63) is 130 Å². The molecule has 9 rings (SSSR count). The molecule has 0 radical (unpaired) electrons. The molecule has 6 aliphatic rings. The molecule has 2 fully saturated rings. The lowest BCUT2D eigenvalue weighted by atomic mass is 9.44. The number of fused-ring (bicyclic) bond motifs is 1. The van der Waals surface area contributed by atoms with E-state index in [4.69, 9.17) is 9.47 Å². The fourth-order valence-electron chi connectivity index (χ4n) is 10.8. The van der Waals surface area contributed by atoms with Gasteiger partial charge in [0.25, 0.3) is 0 Å². The van der Waals surface area contributed by atoms with E-state index in [9.17, 15) is 24.9 Å². The minimum atomic E-state index is -0.875. The number of phenols is 1. The zero-order valence-electron chi connectivity index (χ0n) is 33.1. The molecular formula is C49H55NO7. The van der Waals surface area contributed by atoms with Gasteiger partial charge in [-0.2, -0.15) is 0 Å². The molecule has 4 N–H and O–H groups in total. The standard InChI is InChI=1S/C49H55NO7/c1-3-30(24-31-10-5-4-6-11-31)26-42-49-22-21-37(38-18-19-39-41(56-47(54)44(39)45(38)49)20-15-32(29-52)12-7-8-23-51)43(46(49)48(55)57-42)40-27-35(53)16-17-36(40)34-14-9-13-33(25-34)28-50-2/h4-6,9-11,13-14,16-17,20,25-27,30,32,37-38,45,50-53H,3,7-8,12,15,18-19,21-24,28-29H2,1-2H3/t30-,32+,37+,38+,45+,49+/m0/s1. The van der Waals surface area contributed by atoms with Gasteiger partial charge in [0.1, 0.15) is 17.3 Å². The highest BCUT2D eigenvalue weighted by molar-refractivity contribution is 6.07. The number of rotatable bonds is 15. The van der Waals surface area contributed by atoms with Crippen LogP contribution in [0.1, 0.15) is 81.4 Å². The first-order valence-electron chi connectivity index (χ1n) is 21.0. The number of aliphatic hydroxyl groups is 2. The van der Waals surface area contributed by atoms with Crippen LogP contribution in [0.4, 0.5) is 0 Å². The predicted molar refractivity (Wildman–Crippen MR) is 220 cm³/mol. The third-order valence-corrected chi connectivity index (χ3v) is 13.4. The van der Waals surface area contributed by atoms with E-state index in [0.29, 0.717) is 54.9 Å². The summed E-state index contributed by atoms with van der Waals surface area (Å²) in [6.07, 6.45) is 11.6. The van der Waals surface area contributed by atoms with Crippen molar-refractivity contribution < 1.29 is 34.4 Å². The lowest BCUT2D eigenvalue weighted by Crippen LogP contribution is -2.52. The highest BCUT2D eigenvalue weighted by Gasteiger charge is 2.68. The molecule has 1 saturated carbocycles. The molecule has 0 unspecified atom stereocenters. The van der Waals surface area contributed by atoms with Crippen molar-refractivity contribution >= 4 is 17.5 Å². The van der Waals surface area contributed by atoms with Crippen LogP contribution in [0.15, 0.2) is 113 Å². The molecule has 2 bridgehead atoms. The first-order valence-corrected chi connectivity index (χ1v) is 21.0. The van der Waals surface area contributed by atoms with Crippen molar-refractivity contribution in [2.75, 3.05) is 20.3 Å². The summed E-state index contributed by atoms with van der Waals surface area (Å²) in [6, 6.07) is 24.3. The van der Waals surface area contributed by atoms with Gasteiger partial charge in [-0.1, -0.05) is 67.9 Å². The molecule has 1 saturated heterocycles. The summed E-state index contributed by atoms with van der Waals surface area (Å²) in [4.78, 5) is 29.0. The third-order valence-electron chi connectivity index (χ3n) is 13.4. The van der Waals surface area contributed by atoms with Gasteiger partial charge in [0.15, 0.2) is 0 Å². The number of carbonyl (C=O) groups is 2. The second-order valence-corrected chi connectivity index (χ2v) is 16.7. The second-order valence-electron chi connectivity index (χ2n) is 16.7. The Balaban J connectivity index is 1.30. The molecule has 0 amide bonds. The average molecular weight is 770 g/mol. The van der Waals surface area contributed by atoms with Crippen LogP contribution in [0.2, 0.25) is 0 Å².